The number of rotatable bonds is 3. The molecule has 0 bridgehead atoms. The van der Waals surface area contributed by atoms with Gasteiger partial charge < -0.3 is 15.7 Å². The third-order valence-corrected chi connectivity index (χ3v) is 3.34. The summed E-state index contributed by atoms with van der Waals surface area (Å²) in [6.07, 6.45) is 1.05. The Labute approximate surface area is 101 Å². The van der Waals surface area contributed by atoms with Crippen molar-refractivity contribution < 1.29 is 9.90 Å². The summed E-state index contributed by atoms with van der Waals surface area (Å²) in [7, 11) is 0. The number of carboxylic acid groups (broad SMARTS) is 1. The molecule has 1 heterocycles. The van der Waals surface area contributed by atoms with Crippen molar-refractivity contribution in [3.05, 3.63) is 29.3 Å². The van der Waals surface area contributed by atoms with Gasteiger partial charge in [0.2, 0.25) is 0 Å². The summed E-state index contributed by atoms with van der Waals surface area (Å²) in [4.78, 5) is 13.3. The van der Waals surface area contributed by atoms with Crippen molar-refractivity contribution >= 4 is 11.7 Å². The fraction of sp³-hybridized carbons (Fsp3) is 0.462. The first-order valence-electron chi connectivity index (χ1n) is 5.90. The molecule has 1 fully saturated rings. The molecule has 0 aliphatic carbocycles. The van der Waals surface area contributed by atoms with Gasteiger partial charge in [-0.3, -0.25) is 0 Å². The van der Waals surface area contributed by atoms with E-state index in [1.54, 1.807) is 6.07 Å². The highest BCUT2D eigenvalue weighted by Gasteiger charge is 2.24. The van der Waals surface area contributed by atoms with E-state index in [2.05, 4.69) is 4.90 Å². The van der Waals surface area contributed by atoms with Crippen LogP contribution in [0.5, 0.6) is 0 Å². The van der Waals surface area contributed by atoms with Crippen LogP contribution in [0.4, 0.5) is 5.69 Å². The lowest BCUT2D eigenvalue weighted by Crippen LogP contribution is -2.24. The first-order chi connectivity index (χ1) is 8.11. The summed E-state index contributed by atoms with van der Waals surface area (Å²) in [6, 6.07) is 5.47. The fourth-order valence-electron chi connectivity index (χ4n) is 2.33. The Morgan fingerprint density at radius 1 is 1.59 bits per heavy atom. The molecule has 0 amide bonds. The molecule has 17 heavy (non-hydrogen) atoms. The minimum Gasteiger partial charge on any atom is -0.478 e. The number of carbonyl (C=O) groups is 1. The molecule has 0 spiro atoms. The molecule has 1 aliphatic rings. The molecule has 1 aliphatic heterocycles. The van der Waals surface area contributed by atoms with Crippen molar-refractivity contribution in [2.24, 2.45) is 11.7 Å². The molecule has 0 radical (unpaired) electrons. The van der Waals surface area contributed by atoms with Crippen LogP contribution >= 0.6 is 0 Å². The van der Waals surface area contributed by atoms with Crippen LogP contribution < -0.4 is 10.6 Å². The van der Waals surface area contributed by atoms with Crippen LogP contribution in [-0.4, -0.2) is 30.7 Å². The summed E-state index contributed by atoms with van der Waals surface area (Å²) >= 11 is 0. The molecular formula is C13H18N2O2. The van der Waals surface area contributed by atoms with Crippen LogP contribution in [0.1, 0.15) is 22.3 Å². The van der Waals surface area contributed by atoms with E-state index in [0.29, 0.717) is 18.0 Å². The Hall–Kier alpha value is -1.55. The first kappa shape index (κ1) is 11.9. The number of aromatic carboxylic acids is 1. The number of benzene rings is 1. The highest BCUT2D eigenvalue weighted by Crippen LogP contribution is 2.27. The molecular weight excluding hydrogens is 216 g/mol. The van der Waals surface area contributed by atoms with Gasteiger partial charge in [-0.2, -0.15) is 0 Å². The Bertz CT molecular complexity index is 431. The van der Waals surface area contributed by atoms with Gasteiger partial charge in [0.1, 0.15) is 0 Å². The zero-order chi connectivity index (χ0) is 12.4. The quantitative estimate of drug-likeness (QED) is 0.831. The predicted octanol–water partition coefficient (Wildman–Crippen LogP) is 1.48. The Morgan fingerprint density at radius 2 is 2.35 bits per heavy atom. The Balaban J connectivity index is 2.31. The van der Waals surface area contributed by atoms with Crippen LogP contribution in [0.2, 0.25) is 0 Å². The second-order valence-electron chi connectivity index (χ2n) is 4.66. The number of nitrogens with two attached hydrogens (primary N) is 1. The SMILES string of the molecule is Cc1ccc(C(=O)O)c(N2CCC(CN)C2)c1. The van der Waals surface area contributed by atoms with Gasteiger partial charge in [-0.05, 0) is 43.5 Å². The Kier molecular flexibility index (Phi) is 3.33. The molecule has 0 aromatic heterocycles. The molecule has 1 aromatic rings. The molecule has 92 valence electrons. The lowest BCUT2D eigenvalue weighted by atomic mass is 10.1. The lowest BCUT2D eigenvalue weighted by Gasteiger charge is -2.21. The number of carboxylic acids is 1. The van der Waals surface area contributed by atoms with Gasteiger partial charge in [0, 0.05) is 13.1 Å². The largest absolute Gasteiger partial charge is 0.478 e. The van der Waals surface area contributed by atoms with Crippen molar-refractivity contribution in [1.29, 1.82) is 0 Å². The van der Waals surface area contributed by atoms with Crippen LogP contribution in [0.15, 0.2) is 18.2 Å². The topological polar surface area (TPSA) is 66.6 Å². The predicted molar refractivity (Wildman–Crippen MR) is 67.5 cm³/mol. The number of aryl methyl sites for hydroxylation is 1. The molecule has 1 saturated heterocycles. The van der Waals surface area contributed by atoms with Gasteiger partial charge in [-0.25, -0.2) is 4.79 Å². The van der Waals surface area contributed by atoms with Crippen LogP contribution in [0.25, 0.3) is 0 Å². The van der Waals surface area contributed by atoms with E-state index in [0.717, 1.165) is 30.8 Å². The van der Waals surface area contributed by atoms with Crippen molar-refractivity contribution in [3.63, 3.8) is 0 Å². The number of nitrogens with zero attached hydrogens (tertiary/aromatic N) is 1. The maximum Gasteiger partial charge on any atom is 0.337 e. The summed E-state index contributed by atoms with van der Waals surface area (Å²) < 4.78 is 0. The number of hydrogen-bond acceptors (Lipinski definition) is 3. The van der Waals surface area contributed by atoms with Gasteiger partial charge in [0.25, 0.3) is 0 Å². The molecule has 1 aromatic carbocycles. The van der Waals surface area contributed by atoms with Crippen molar-refractivity contribution in [3.8, 4) is 0 Å². The van der Waals surface area contributed by atoms with Gasteiger partial charge in [-0.1, -0.05) is 6.07 Å². The van der Waals surface area contributed by atoms with Crippen LogP contribution in [0, 0.1) is 12.8 Å². The van der Waals surface area contributed by atoms with E-state index in [-0.39, 0.29) is 0 Å². The van der Waals surface area contributed by atoms with E-state index in [9.17, 15) is 9.90 Å². The van der Waals surface area contributed by atoms with Crippen LogP contribution in [0.3, 0.4) is 0 Å². The average Bonchev–Trinajstić information content (AvgIpc) is 2.76. The molecule has 2 rings (SSSR count). The van der Waals surface area contributed by atoms with E-state index in [1.165, 1.54) is 0 Å². The average molecular weight is 234 g/mol. The summed E-state index contributed by atoms with van der Waals surface area (Å²) in [5, 5.41) is 9.19. The standard InChI is InChI=1S/C13H18N2O2/c1-9-2-3-11(13(16)17)12(6-9)15-5-4-10(7-14)8-15/h2-3,6,10H,4-5,7-8,14H2,1H3,(H,16,17). The highest BCUT2D eigenvalue weighted by molar-refractivity contribution is 5.94. The second kappa shape index (κ2) is 4.75. The molecule has 1 atom stereocenters. The maximum absolute atomic E-state index is 11.2. The van der Waals surface area contributed by atoms with Crippen LogP contribution in [-0.2, 0) is 0 Å². The highest BCUT2D eigenvalue weighted by atomic mass is 16.4. The van der Waals surface area contributed by atoms with E-state index in [1.807, 2.05) is 19.1 Å². The van der Waals surface area contributed by atoms with Crippen molar-refractivity contribution in [2.45, 2.75) is 13.3 Å². The second-order valence-corrected chi connectivity index (χ2v) is 4.66. The minimum absolute atomic E-state index is 0.383. The van der Waals surface area contributed by atoms with Gasteiger partial charge >= 0.3 is 5.97 Å². The van der Waals surface area contributed by atoms with Crippen molar-refractivity contribution in [2.75, 3.05) is 24.5 Å². The lowest BCUT2D eigenvalue weighted by molar-refractivity contribution is 0.0697. The molecule has 4 nitrogen and oxygen atoms in total. The maximum atomic E-state index is 11.2. The third-order valence-electron chi connectivity index (χ3n) is 3.34. The summed E-state index contributed by atoms with van der Waals surface area (Å²) in [5.74, 6) is -0.381. The van der Waals surface area contributed by atoms with Gasteiger partial charge in [0.05, 0.1) is 11.3 Å². The molecule has 3 N–H and O–H groups in total. The minimum atomic E-state index is -0.865. The van der Waals surface area contributed by atoms with Gasteiger partial charge in [-0.15, -0.1) is 0 Å². The van der Waals surface area contributed by atoms with Gasteiger partial charge in [0.15, 0.2) is 0 Å². The zero-order valence-corrected chi connectivity index (χ0v) is 10.0. The molecule has 1 unspecified atom stereocenters. The molecule has 0 saturated carbocycles. The summed E-state index contributed by atoms with van der Waals surface area (Å²) in [5.41, 5.74) is 7.95. The number of hydrogen-bond donors (Lipinski definition) is 2. The van der Waals surface area contributed by atoms with Crippen molar-refractivity contribution in [1.82, 2.24) is 0 Å². The smallest absolute Gasteiger partial charge is 0.337 e. The zero-order valence-electron chi connectivity index (χ0n) is 10.0. The molecule has 4 heteroatoms. The normalized spacial score (nSPS) is 19.6. The van der Waals surface area contributed by atoms with E-state index >= 15 is 0 Å². The first-order valence-corrected chi connectivity index (χ1v) is 5.90. The fourth-order valence-corrected chi connectivity index (χ4v) is 2.33. The monoisotopic (exact) mass is 234 g/mol. The third kappa shape index (κ3) is 2.42. The summed E-state index contributed by atoms with van der Waals surface area (Å²) in [6.45, 7) is 4.40. The van der Waals surface area contributed by atoms with E-state index in [4.69, 9.17) is 5.73 Å². The number of anilines is 1. The Morgan fingerprint density at radius 3 is 2.94 bits per heavy atom. The van der Waals surface area contributed by atoms with E-state index < -0.39 is 5.97 Å².